The van der Waals surface area contributed by atoms with E-state index >= 15 is 0 Å². The Morgan fingerprint density at radius 2 is 1.38 bits per heavy atom. The van der Waals surface area contributed by atoms with Crippen molar-refractivity contribution in [2.75, 3.05) is 34.3 Å². The molecule has 0 aliphatic heterocycles. The van der Waals surface area contributed by atoms with Crippen LogP contribution in [0.15, 0.2) is 48.6 Å². The molecule has 4 rings (SSSR count). The van der Waals surface area contributed by atoms with Crippen LogP contribution in [-0.4, -0.2) is 86.6 Å². The van der Waals surface area contributed by atoms with Gasteiger partial charge >= 0.3 is 0 Å². The summed E-state index contributed by atoms with van der Waals surface area (Å²) in [6.45, 7) is 7.50. The first-order valence-electron chi connectivity index (χ1n) is 18.8. The predicted molar refractivity (Wildman–Crippen MR) is 211 cm³/mol. The normalized spacial score (nSPS) is 12.2. The summed E-state index contributed by atoms with van der Waals surface area (Å²) in [7, 11) is 5.90. The molecule has 0 saturated heterocycles. The number of ether oxygens (including phenoxy) is 1. The lowest BCUT2D eigenvalue weighted by atomic mass is 10.1. The zero-order chi connectivity index (χ0) is 38.6. The summed E-state index contributed by atoms with van der Waals surface area (Å²) in [6, 6.07) is 11.8. The van der Waals surface area contributed by atoms with Crippen LogP contribution in [0.1, 0.15) is 88.0 Å². The first-order valence-corrected chi connectivity index (χ1v) is 18.8. The smallest absolute Gasteiger partial charge is 0.267 e. The molecule has 2 aromatic carbocycles. The van der Waals surface area contributed by atoms with E-state index in [1.807, 2.05) is 36.4 Å². The Hall–Kier alpha value is -4.40. The lowest BCUT2D eigenvalue weighted by molar-refractivity contribution is -0.124. The fourth-order valence-corrected chi connectivity index (χ4v) is 6.11. The molecule has 1 atom stereocenters. The molecule has 2 heterocycles. The number of benzene rings is 2. The van der Waals surface area contributed by atoms with Crippen molar-refractivity contribution in [1.82, 2.24) is 35.0 Å². The number of unbranched alkanes of at least 4 members (excludes halogenated alkanes) is 5. The van der Waals surface area contributed by atoms with Gasteiger partial charge in [-0.05, 0) is 74.5 Å². The molecular weight excluding hydrogens is 672 g/mol. The van der Waals surface area contributed by atoms with E-state index in [0.717, 1.165) is 96.5 Å². The first-order chi connectivity index (χ1) is 25.7. The summed E-state index contributed by atoms with van der Waals surface area (Å²) in [5.74, 6) is 0.972. The van der Waals surface area contributed by atoms with Crippen LogP contribution in [-0.2, 0) is 40.3 Å². The second-order valence-electron chi connectivity index (χ2n) is 13.4. The van der Waals surface area contributed by atoms with Gasteiger partial charge in [0.15, 0.2) is 0 Å². The number of nitrogens with zero attached hydrogens (tertiary/aromatic N) is 5. The second kappa shape index (κ2) is 23.3. The maximum Gasteiger partial charge on any atom is 0.267 e. The number of likely N-dealkylation sites (N-methyl/N-ethyl adjacent to an activating group) is 1. The second-order valence-corrected chi connectivity index (χ2v) is 13.4. The highest BCUT2D eigenvalue weighted by Gasteiger charge is 2.16. The third-order valence-electron chi connectivity index (χ3n) is 9.03. The molecule has 2 amide bonds. The molecule has 4 aromatic rings. The van der Waals surface area contributed by atoms with Gasteiger partial charge in [-0.1, -0.05) is 64.5 Å². The zero-order valence-electron chi connectivity index (χ0n) is 32.2. The molecule has 13 heteroatoms. The average Bonchev–Trinajstić information content (AvgIpc) is 3.69. The van der Waals surface area contributed by atoms with Crippen LogP contribution < -0.4 is 16.7 Å². The molecule has 53 heavy (non-hydrogen) atoms. The van der Waals surface area contributed by atoms with Crippen molar-refractivity contribution in [3.05, 3.63) is 71.3 Å². The first kappa shape index (κ1) is 43.0. The summed E-state index contributed by atoms with van der Waals surface area (Å²) in [6.07, 6.45) is 17.2. The minimum atomic E-state index is -0.568. The van der Waals surface area contributed by atoms with Gasteiger partial charge in [0.05, 0.1) is 28.2 Å². The van der Waals surface area contributed by atoms with E-state index in [0.29, 0.717) is 13.1 Å². The third-order valence-corrected chi connectivity index (χ3v) is 9.03. The molecule has 0 aliphatic carbocycles. The number of amides is 2. The summed E-state index contributed by atoms with van der Waals surface area (Å²) in [4.78, 5) is 34.1. The van der Waals surface area contributed by atoms with Crippen molar-refractivity contribution in [3.8, 4) is 0 Å². The number of hydroxylamine groups is 2. The zero-order valence-corrected chi connectivity index (χ0v) is 32.2. The van der Waals surface area contributed by atoms with Crippen LogP contribution in [0.5, 0.6) is 0 Å². The molecule has 0 saturated carbocycles. The lowest BCUT2D eigenvalue weighted by Gasteiger charge is -2.16. The van der Waals surface area contributed by atoms with Crippen LogP contribution in [0.3, 0.4) is 0 Å². The largest absolute Gasteiger partial charge is 0.381 e. The molecular formula is C40H60N8O5. The highest BCUT2D eigenvalue weighted by atomic mass is 16.5. The summed E-state index contributed by atoms with van der Waals surface area (Å²) in [5.41, 5.74) is 14.7. The topological polar surface area (TPSA) is 173 Å². The Bertz CT molecular complexity index is 1780. The van der Waals surface area contributed by atoms with Crippen molar-refractivity contribution in [2.45, 2.75) is 97.2 Å². The number of nitrogens with two attached hydrogens (primary N) is 1. The van der Waals surface area contributed by atoms with E-state index < -0.39 is 11.8 Å². The number of fused-ring (bicyclic) bond motifs is 2. The summed E-state index contributed by atoms with van der Waals surface area (Å²) in [5, 5.41) is 17.1. The predicted octanol–water partition coefficient (Wildman–Crippen LogP) is 5.89. The molecule has 2 aromatic heterocycles. The molecule has 290 valence electrons. The number of carbonyl (C=O) groups is 2. The van der Waals surface area contributed by atoms with Crippen molar-refractivity contribution < 1.29 is 24.7 Å². The van der Waals surface area contributed by atoms with Gasteiger partial charge < -0.3 is 24.5 Å². The number of hydrogen-bond donors (Lipinski definition) is 5. The monoisotopic (exact) mass is 732 g/mol. The maximum atomic E-state index is 11.2. The number of rotatable bonds is 21. The van der Waals surface area contributed by atoms with Crippen LogP contribution in [0.4, 0.5) is 0 Å². The van der Waals surface area contributed by atoms with Gasteiger partial charge in [-0.3, -0.25) is 20.0 Å². The average molecular weight is 733 g/mol. The van der Waals surface area contributed by atoms with Crippen molar-refractivity contribution in [2.24, 2.45) is 5.73 Å². The van der Waals surface area contributed by atoms with Gasteiger partial charge in [0.25, 0.3) is 11.8 Å². The van der Waals surface area contributed by atoms with Gasteiger partial charge in [0, 0.05) is 58.3 Å². The minimum absolute atomic E-state index is 0.137. The number of imidazole rings is 2. The van der Waals surface area contributed by atoms with Gasteiger partial charge in [-0.15, -0.1) is 0 Å². The molecule has 0 aliphatic rings. The highest BCUT2D eigenvalue weighted by Crippen LogP contribution is 2.23. The Morgan fingerprint density at radius 1 is 0.830 bits per heavy atom. The van der Waals surface area contributed by atoms with Crippen LogP contribution >= 0.6 is 0 Å². The minimum Gasteiger partial charge on any atom is -0.381 e. The number of carbonyl (C=O) groups excluding carboxylic acids is 2. The maximum absolute atomic E-state index is 11.2. The summed E-state index contributed by atoms with van der Waals surface area (Å²) >= 11 is 0. The molecule has 0 spiro atoms. The van der Waals surface area contributed by atoms with Crippen LogP contribution in [0.25, 0.3) is 34.2 Å². The fourth-order valence-electron chi connectivity index (χ4n) is 6.11. The van der Waals surface area contributed by atoms with E-state index in [4.69, 9.17) is 30.9 Å². The number of methoxy groups -OCH3 is 1. The fraction of sp³-hybridized carbons (Fsp3) is 0.500. The molecule has 6 N–H and O–H groups in total. The SMILES string of the molecule is CCCCCCCC(Cc1nc2cc(C=CC(=O)NO)ccc2n1CCN)OC.CCCCc1nc2cc(C=CC(=O)NO)ccc2n1CCN(C)C. The number of hydrogen-bond acceptors (Lipinski definition) is 9. The Morgan fingerprint density at radius 3 is 1.89 bits per heavy atom. The molecule has 0 radical (unpaired) electrons. The van der Waals surface area contributed by atoms with Gasteiger partial charge in [-0.2, -0.15) is 0 Å². The number of aryl methyl sites for hydroxylation is 1. The Balaban J connectivity index is 0.000000290. The van der Waals surface area contributed by atoms with Gasteiger partial charge in [0.1, 0.15) is 11.6 Å². The van der Waals surface area contributed by atoms with E-state index in [-0.39, 0.29) is 6.10 Å². The van der Waals surface area contributed by atoms with Gasteiger partial charge in [-0.25, -0.2) is 20.9 Å². The van der Waals surface area contributed by atoms with E-state index in [2.05, 4.69) is 42.0 Å². The standard InChI is InChI=1S/C22H34N4O3.C18H26N4O2/c1-3-4-5-6-7-8-18(29-2)16-21-24-19-15-17(10-12-22(27)25-28)9-11-20(19)26(21)14-13-23;1-4-5-6-17-19-15-13-14(8-10-18(23)20-24)7-9-16(15)22(17)12-11-21(2)3/h9-12,15,18,28H,3-8,13-14,16,23H2,1-2H3,(H,25,27);7-10,13,24H,4-6,11-12H2,1-3H3,(H,20,23). The number of nitrogens with one attached hydrogen (secondary N) is 2. The van der Waals surface area contributed by atoms with E-state index in [1.165, 1.54) is 37.8 Å². The van der Waals surface area contributed by atoms with Crippen molar-refractivity contribution in [1.29, 1.82) is 0 Å². The third kappa shape index (κ3) is 13.8. The van der Waals surface area contributed by atoms with E-state index in [9.17, 15) is 9.59 Å². The molecule has 0 bridgehead atoms. The lowest BCUT2D eigenvalue weighted by Crippen LogP contribution is -2.19. The molecule has 13 nitrogen and oxygen atoms in total. The number of aromatic nitrogens is 4. The summed E-state index contributed by atoms with van der Waals surface area (Å²) < 4.78 is 10.2. The molecule has 0 fully saturated rings. The van der Waals surface area contributed by atoms with Gasteiger partial charge in [0.2, 0.25) is 0 Å². The quantitative estimate of drug-likeness (QED) is 0.0303. The van der Waals surface area contributed by atoms with Crippen molar-refractivity contribution >= 4 is 46.0 Å². The Kier molecular flexibility index (Phi) is 18.9. The van der Waals surface area contributed by atoms with Crippen LogP contribution in [0.2, 0.25) is 0 Å². The van der Waals surface area contributed by atoms with Crippen molar-refractivity contribution in [3.63, 3.8) is 0 Å². The Labute approximate surface area is 313 Å². The van der Waals surface area contributed by atoms with Crippen LogP contribution in [0, 0.1) is 0 Å². The molecule has 1 unspecified atom stereocenters. The van der Waals surface area contributed by atoms with E-state index in [1.54, 1.807) is 30.2 Å². The highest BCUT2D eigenvalue weighted by molar-refractivity contribution is 5.92.